The molecule has 26 heavy (non-hydrogen) atoms. The van der Waals surface area contributed by atoms with E-state index >= 15 is 0 Å². The van der Waals surface area contributed by atoms with Crippen LogP contribution in [0.4, 0.5) is 5.82 Å². The molecule has 1 unspecified atom stereocenters. The summed E-state index contributed by atoms with van der Waals surface area (Å²) in [5.74, 6) is 3.96. The third kappa shape index (κ3) is 4.06. The molecule has 0 saturated carbocycles. The van der Waals surface area contributed by atoms with E-state index in [4.69, 9.17) is 4.52 Å². The zero-order valence-corrected chi connectivity index (χ0v) is 15.9. The van der Waals surface area contributed by atoms with Crippen LogP contribution in [0.5, 0.6) is 0 Å². The maximum absolute atomic E-state index is 5.47. The summed E-state index contributed by atoms with van der Waals surface area (Å²) in [4.78, 5) is 14.0. The highest BCUT2D eigenvalue weighted by molar-refractivity contribution is 5.55. The van der Waals surface area contributed by atoms with E-state index in [2.05, 4.69) is 50.9 Å². The molecule has 2 fully saturated rings. The van der Waals surface area contributed by atoms with Crippen LogP contribution in [-0.2, 0) is 6.54 Å². The van der Waals surface area contributed by atoms with Crippen molar-refractivity contribution in [1.82, 2.24) is 20.0 Å². The lowest BCUT2D eigenvalue weighted by atomic mass is 9.99. The molecule has 2 aromatic heterocycles. The first-order valence-corrected chi connectivity index (χ1v) is 9.93. The van der Waals surface area contributed by atoms with Gasteiger partial charge in [-0.2, -0.15) is 4.98 Å². The Kier molecular flexibility index (Phi) is 5.20. The Hall–Kier alpha value is -1.95. The van der Waals surface area contributed by atoms with Gasteiger partial charge in [-0.15, -0.1) is 0 Å². The normalized spacial score (nSPS) is 22.7. The Morgan fingerprint density at radius 1 is 1.08 bits per heavy atom. The van der Waals surface area contributed by atoms with Crippen LogP contribution in [0, 0.1) is 11.8 Å². The molecule has 4 heterocycles. The summed E-state index contributed by atoms with van der Waals surface area (Å²) in [6, 6.07) is 4.13. The summed E-state index contributed by atoms with van der Waals surface area (Å²) in [5, 5.41) is 4.16. The molecule has 0 radical (unpaired) electrons. The van der Waals surface area contributed by atoms with E-state index in [0.29, 0.717) is 11.7 Å². The predicted molar refractivity (Wildman–Crippen MR) is 102 cm³/mol. The van der Waals surface area contributed by atoms with Gasteiger partial charge in [0, 0.05) is 31.4 Å². The van der Waals surface area contributed by atoms with Gasteiger partial charge in [-0.05, 0) is 56.2 Å². The zero-order valence-electron chi connectivity index (χ0n) is 15.9. The Balaban J connectivity index is 1.39. The Morgan fingerprint density at radius 2 is 1.92 bits per heavy atom. The second-order valence-electron chi connectivity index (χ2n) is 8.07. The van der Waals surface area contributed by atoms with Crippen LogP contribution in [0.1, 0.15) is 45.4 Å². The molecule has 0 aliphatic carbocycles. The fourth-order valence-electron chi connectivity index (χ4n) is 4.00. The maximum atomic E-state index is 5.47. The van der Waals surface area contributed by atoms with E-state index in [1.165, 1.54) is 25.7 Å². The van der Waals surface area contributed by atoms with Gasteiger partial charge in [0.15, 0.2) is 0 Å². The first-order chi connectivity index (χ1) is 12.7. The summed E-state index contributed by atoms with van der Waals surface area (Å²) < 4.78 is 5.47. The average molecular weight is 355 g/mol. The van der Waals surface area contributed by atoms with Crippen LogP contribution < -0.4 is 4.90 Å². The molecule has 2 aromatic rings. The van der Waals surface area contributed by atoms with Crippen LogP contribution in [0.25, 0.3) is 11.4 Å². The number of aromatic nitrogens is 3. The highest BCUT2D eigenvalue weighted by Gasteiger charge is 2.20. The van der Waals surface area contributed by atoms with Crippen molar-refractivity contribution in [1.29, 1.82) is 0 Å². The van der Waals surface area contributed by atoms with Crippen molar-refractivity contribution < 1.29 is 4.52 Å². The highest BCUT2D eigenvalue weighted by atomic mass is 16.5. The number of pyridine rings is 1. The lowest BCUT2D eigenvalue weighted by Crippen LogP contribution is -2.33. The van der Waals surface area contributed by atoms with E-state index in [1.54, 1.807) is 0 Å². The number of hydrogen-bond donors (Lipinski definition) is 0. The molecule has 0 N–H and O–H groups in total. The molecule has 2 aliphatic heterocycles. The van der Waals surface area contributed by atoms with E-state index in [9.17, 15) is 0 Å². The van der Waals surface area contributed by atoms with Crippen LogP contribution >= 0.6 is 0 Å². The fourth-order valence-corrected chi connectivity index (χ4v) is 4.00. The van der Waals surface area contributed by atoms with Crippen molar-refractivity contribution in [3.05, 3.63) is 24.2 Å². The molecule has 4 rings (SSSR count). The minimum atomic E-state index is 0.636. The van der Waals surface area contributed by atoms with E-state index in [1.807, 2.05) is 6.20 Å². The minimum absolute atomic E-state index is 0.636. The summed E-state index contributed by atoms with van der Waals surface area (Å²) in [6.07, 6.45) is 6.92. The van der Waals surface area contributed by atoms with Gasteiger partial charge in [0.25, 0.3) is 0 Å². The van der Waals surface area contributed by atoms with E-state index < -0.39 is 0 Å². The summed E-state index contributed by atoms with van der Waals surface area (Å²) in [6.45, 7) is 9.79. The lowest BCUT2D eigenvalue weighted by molar-refractivity contribution is 0.157. The van der Waals surface area contributed by atoms with Crippen LogP contribution in [0.2, 0.25) is 0 Å². The summed E-state index contributed by atoms with van der Waals surface area (Å²) in [5.41, 5.74) is 0.918. The Morgan fingerprint density at radius 3 is 2.65 bits per heavy atom. The molecule has 0 bridgehead atoms. The quantitative estimate of drug-likeness (QED) is 0.835. The van der Waals surface area contributed by atoms with Gasteiger partial charge in [-0.1, -0.05) is 19.0 Å². The van der Waals surface area contributed by atoms with E-state index in [-0.39, 0.29) is 0 Å². The Bertz CT molecular complexity index is 705. The number of nitrogens with zero attached hydrogens (tertiary/aromatic N) is 5. The van der Waals surface area contributed by atoms with Crippen LogP contribution in [0.15, 0.2) is 22.9 Å². The van der Waals surface area contributed by atoms with Crippen molar-refractivity contribution in [2.24, 2.45) is 11.8 Å². The zero-order chi connectivity index (χ0) is 17.9. The van der Waals surface area contributed by atoms with Crippen molar-refractivity contribution in [2.75, 3.05) is 31.1 Å². The molecule has 0 spiro atoms. The third-order valence-electron chi connectivity index (χ3n) is 5.68. The van der Waals surface area contributed by atoms with Crippen molar-refractivity contribution in [3.8, 4) is 11.4 Å². The molecule has 2 saturated heterocycles. The van der Waals surface area contributed by atoms with Gasteiger partial charge in [-0.25, -0.2) is 4.98 Å². The smallest absolute Gasteiger partial charge is 0.241 e. The third-order valence-corrected chi connectivity index (χ3v) is 5.68. The largest absolute Gasteiger partial charge is 0.357 e. The van der Waals surface area contributed by atoms with Crippen LogP contribution in [-0.4, -0.2) is 46.2 Å². The molecule has 1 atom stereocenters. The average Bonchev–Trinajstić information content (AvgIpc) is 3.11. The Labute approximate surface area is 155 Å². The standard InChI is InChI=1S/C20H29N5O/c1-15-7-10-25(11-8-15)18-6-5-17(12-21-18)20-22-19(26-23-20)14-24-9-3-4-16(2)13-24/h5-6,12,15-16H,3-4,7-11,13-14H2,1-2H3. The topological polar surface area (TPSA) is 58.3 Å². The fraction of sp³-hybridized carbons (Fsp3) is 0.650. The maximum Gasteiger partial charge on any atom is 0.241 e. The van der Waals surface area contributed by atoms with Gasteiger partial charge in [0.2, 0.25) is 11.7 Å². The van der Waals surface area contributed by atoms with Gasteiger partial charge in [-0.3, -0.25) is 4.90 Å². The number of rotatable bonds is 4. The SMILES string of the molecule is CC1CCN(c2ccc(-c3noc(CN4CCCC(C)C4)n3)cn2)CC1. The molecular formula is C20H29N5O. The predicted octanol–water partition coefficient (Wildman–Crippen LogP) is 3.60. The minimum Gasteiger partial charge on any atom is -0.357 e. The van der Waals surface area contributed by atoms with Crippen molar-refractivity contribution in [3.63, 3.8) is 0 Å². The van der Waals surface area contributed by atoms with Crippen LogP contribution in [0.3, 0.4) is 0 Å². The highest BCUT2D eigenvalue weighted by Crippen LogP contribution is 2.24. The van der Waals surface area contributed by atoms with Gasteiger partial charge < -0.3 is 9.42 Å². The number of anilines is 1. The van der Waals surface area contributed by atoms with Gasteiger partial charge >= 0.3 is 0 Å². The second kappa shape index (κ2) is 7.74. The monoisotopic (exact) mass is 355 g/mol. The summed E-state index contributed by atoms with van der Waals surface area (Å²) in [7, 11) is 0. The molecule has 2 aliphatic rings. The first kappa shape index (κ1) is 17.5. The van der Waals surface area contributed by atoms with Gasteiger partial charge in [0.1, 0.15) is 5.82 Å². The molecule has 140 valence electrons. The van der Waals surface area contributed by atoms with Crippen molar-refractivity contribution >= 4 is 5.82 Å². The van der Waals surface area contributed by atoms with Crippen molar-refractivity contribution in [2.45, 2.75) is 46.1 Å². The number of piperidine rings is 2. The molecule has 6 heteroatoms. The van der Waals surface area contributed by atoms with Gasteiger partial charge in [0.05, 0.1) is 6.54 Å². The molecule has 0 amide bonds. The first-order valence-electron chi connectivity index (χ1n) is 9.93. The molecular weight excluding hydrogens is 326 g/mol. The summed E-state index contributed by atoms with van der Waals surface area (Å²) >= 11 is 0. The molecule has 6 nitrogen and oxygen atoms in total. The molecule has 0 aromatic carbocycles. The second-order valence-corrected chi connectivity index (χ2v) is 8.07. The number of hydrogen-bond acceptors (Lipinski definition) is 6. The lowest BCUT2D eigenvalue weighted by Gasteiger charge is -2.31. The number of likely N-dealkylation sites (tertiary alicyclic amines) is 1. The van der Waals surface area contributed by atoms with E-state index in [0.717, 1.165) is 55.9 Å².